The Morgan fingerprint density at radius 1 is 1.20 bits per heavy atom. The zero-order valence-electron chi connectivity index (χ0n) is 14.6. The highest BCUT2D eigenvalue weighted by atomic mass is 19.1. The van der Waals surface area contributed by atoms with E-state index in [2.05, 4.69) is 12.2 Å². The number of halogens is 2. The lowest BCUT2D eigenvalue weighted by Crippen LogP contribution is -2.56. The number of ether oxygens (including phenoxy) is 1. The molecule has 4 saturated carbocycles. The summed E-state index contributed by atoms with van der Waals surface area (Å²) in [6, 6.07) is 3.19. The van der Waals surface area contributed by atoms with E-state index < -0.39 is 11.6 Å². The van der Waals surface area contributed by atoms with E-state index in [1.54, 1.807) is 0 Å². The molecule has 1 aromatic rings. The van der Waals surface area contributed by atoms with Crippen molar-refractivity contribution in [3.8, 4) is 5.75 Å². The van der Waals surface area contributed by atoms with Crippen molar-refractivity contribution in [3.05, 3.63) is 29.8 Å². The molecule has 0 aromatic heterocycles. The van der Waals surface area contributed by atoms with Gasteiger partial charge in [0.05, 0.1) is 0 Å². The molecular formula is C20H25F2NO2. The van der Waals surface area contributed by atoms with E-state index in [0.717, 1.165) is 29.9 Å². The lowest BCUT2D eigenvalue weighted by atomic mass is 9.48. The van der Waals surface area contributed by atoms with Crippen molar-refractivity contribution in [2.24, 2.45) is 23.2 Å². The third kappa shape index (κ3) is 3.25. The summed E-state index contributed by atoms with van der Waals surface area (Å²) in [6.07, 6.45) is 7.75. The van der Waals surface area contributed by atoms with Crippen molar-refractivity contribution in [1.29, 1.82) is 0 Å². The van der Waals surface area contributed by atoms with E-state index in [9.17, 15) is 13.6 Å². The average Bonchev–Trinajstić information content (AvgIpc) is 2.52. The Hall–Kier alpha value is -1.65. The standard InChI is InChI=1S/C20H25F2NO2/c1-12(20-8-13-4-14(9-20)6-15(5-13)10-20)23-19(24)11-25-18-3-2-16(21)7-17(18)22/h2-3,7,12-15H,4-6,8-11H2,1H3,(H,23,24). The fraction of sp³-hybridized carbons (Fsp3) is 0.650. The van der Waals surface area contributed by atoms with Gasteiger partial charge < -0.3 is 10.1 Å². The van der Waals surface area contributed by atoms with Crippen LogP contribution >= 0.6 is 0 Å². The van der Waals surface area contributed by atoms with Gasteiger partial charge in [0.15, 0.2) is 18.2 Å². The third-order valence-electron chi connectivity index (χ3n) is 6.63. The number of carbonyl (C=O) groups is 1. The molecule has 4 bridgehead atoms. The molecule has 0 aliphatic heterocycles. The minimum atomic E-state index is -0.790. The van der Waals surface area contributed by atoms with Gasteiger partial charge in [0.1, 0.15) is 5.82 Å². The molecule has 1 aromatic carbocycles. The lowest BCUT2D eigenvalue weighted by molar-refractivity contribution is -0.127. The second-order valence-corrected chi connectivity index (χ2v) is 8.43. The smallest absolute Gasteiger partial charge is 0.258 e. The van der Waals surface area contributed by atoms with Crippen molar-refractivity contribution in [3.63, 3.8) is 0 Å². The molecule has 1 amide bonds. The van der Waals surface area contributed by atoms with Crippen LogP contribution < -0.4 is 10.1 Å². The Kier molecular flexibility index (Phi) is 4.20. The van der Waals surface area contributed by atoms with Crippen molar-refractivity contribution < 1.29 is 18.3 Å². The van der Waals surface area contributed by atoms with Crippen LogP contribution in [0.2, 0.25) is 0 Å². The summed E-state index contributed by atoms with van der Waals surface area (Å²) in [5.74, 6) is 0.693. The maximum atomic E-state index is 13.6. The number of hydrogen-bond acceptors (Lipinski definition) is 2. The molecule has 1 unspecified atom stereocenters. The average molecular weight is 349 g/mol. The van der Waals surface area contributed by atoms with Gasteiger partial charge in [0.2, 0.25) is 0 Å². The maximum absolute atomic E-state index is 13.6. The first-order valence-electron chi connectivity index (χ1n) is 9.31. The van der Waals surface area contributed by atoms with E-state index in [-0.39, 0.29) is 29.7 Å². The van der Waals surface area contributed by atoms with Crippen LogP contribution in [-0.2, 0) is 4.79 Å². The quantitative estimate of drug-likeness (QED) is 0.870. The summed E-state index contributed by atoms with van der Waals surface area (Å²) in [4.78, 5) is 12.3. The topological polar surface area (TPSA) is 38.3 Å². The van der Waals surface area contributed by atoms with Gasteiger partial charge in [0.25, 0.3) is 5.91 Å². The van der Waals surface area contributed by atoms with Crippen LogP contribution in [-0.4, -0.2) is 18.6 Å². The Balaban J connectivity index is 1.34. The van der Waals surface area contributed by atoms with Crippen LogP contribution in [0.1, 0.15) is 45.4 Å². The van der Waals surface area contributed by atoms with Gasteiger partial charge in [-0.1, -0.05) is 0 Å². The van der Waals surface area contributed by atoms with Gasteiger partial charge in [-0.05, 0) is 80.8 Å². The van der Waals surface area contributed by atoms with E-state index in [0.29, 0.717) is 0 Å². The van der Waals surface area contributed by atoms with Gasteiger partial charge >= 0.3 is 0 Å². The van der Waals surface area contributed by atoms with Crippen molar-refractivity contribution in [1.82, 2.24) is 5.32 Å². The Morgan fingerprint density at radius 2 is 1.80 bits per heavy atom. The van der Waals surface area contributed by atoms with Gasteiger partial charge in [-0.25, -0.2) is 8.78 Å². The Bertz CT molecular complexity index is 640. The predicted octanol–water partition coefficient (Wildman–Crippen LogP) is 4.06. The summed E-state index contributed by atoms with van der Waals surface area (Å²) in [5, 5.41) is 3.08. The molecule has 4 aliphatic rings. The molecule has 136 valence electrons. The minimum Gasteiger partial charge on any atom is -0.481 e. The SMILES string of the molecule is CC(NC(=O)COc1ccc(F)cc1F)C12CC3CC(CC(C3)C1)C2. The van der Waals surface area contributed by atoms with Gasteiger partial charge in [-0.3, -0.25) is 4.79 Å². The van der Waals surface area contributed by atoms with E-state index in [1.165, 1.54) is 44.6 Å². The maximum Gasteiger partial charge on any atom is 0.258 e. The summed E-state index contributed by atoms with van der Waals surface area (Å²) < 4.78 is 31.7. The number of benzene rings is 1. The second kappa shape index (κ2) is 6.26. The molecule has 1 atom stereocenters. The molecule has 0 spiro atoms. The Labute approximate surface area is 147 Å². The van der Waals surface area contributed by atoms with Crippen LogP contribution in [0.3, 0.4) is 0 Å². The molecule has 4 aliphatic carbocycles. The van der Waals surface area contributed by atoms with Crippen LogP contribution in [0.15, 0.2) is 18.2 Å². The third-order valence-corrected chi connectivity index (χ3v) is 6.63. The molecule has 1 N–H and O–H groups in total. The molecule has 4 fully saturated rings. The van der Waals surface area contributed by atoms with Crippen molar-refractivity contribution in [2.75, 3.05) is 6.61 Å². The van der Waals surface area contributed by atoms with Gasteiger partial charge in [0, 0.05) is 12.1 Å². The largest absolute Gasteiger partial charge is 0.481 e. The first-order valence-corrected chi connectivity index (χ1v) is 9.31. The first kappa shape index (κ1) is 16.8. The molecule has 3 nitrogen and oxygen atoms in total. The summed E-state index contributed by atoms with van der Waals surface area (Å²) >= 11 is 0. The molecule has 0 radical (unpaired) electrons. The molecule has 0 saturated heterocycles. The van der Waals surface area contributed by atoms with Crippen LogP contribution in [0.4, 0.5) is 8.78 Å². The summed E-state index contributed by atoms with van der Waals surface area (Å²) in [7, 11) is 0. The van der Waals surface area contributed by atoms with E-state index >= 15 is 0 Å². The highest BCUT2D eigenvalue weighted by molar-refractivity contribution is 5.77. The molecule has 5 rings (SSSR count). The van der Waals surface area contributed by atoms with E-state index in [4.69, 9.17) is 4.74 Å². The fourth-order valence-electron chi connectivity index (χ4n) is 5.88. The number of amides is 1. The van der Waals surface area contributed by atoms with Crippen molar-refractivity contribution >= 4 is 5.91 Å². The van der Waals surface area contributed by atoms with Crippen LogP contribution in [0.5, 0.6) is 5.75 Å². The van der Waals surface area contributed by atoms with Crippen LogP contribution in [0.25, 0.3) is 0 Å². The normalized spacial score (nSPS) is 34.0. The molecular weight excluding hydrogens is 324 g/mol. The van der Waals surface area contributed by atoms with E-state index in [1.807, 2.05) is 0 Å². The Morgan fingerprint density at radius 3 is 2.36 bits per heavy atom. The van der Waals surface area contributed by atoms with Gasteiger partial charge in [-0.15, -0.1) is 0 Å². The monoisotopic (exact) mass is 349 g/mol. The zero-order chi connectivity index (χ0) is 17.6. The summed E-state index contributed by atoms with van der Waals surface area (Å²) in [6.45, 7) is 1.85. The number of hydrogen-bond donors (Lipinski definition) is 1. The number of nitrogens with one attached hydrogen (secondary N) is 1. The first-order chi connectivity index (χ1) is 11.9. The molecule has 5 heteroatoms. The molecule has 25 heavy (non-hydrogen) atoms. The van der Waals surface area contributed by atoms with Gasteiger partial charge in [-0.2, -0.15) is 0 Å². The predicted molar refractivity (Wildman–Crippen MR) is 90.1 cm³/mol. The fourth-order valence-corrected chi connectivity index (χ4v) is 5.88. The molecule has 0 heterocycles. The van der Waals surface area contributed by atoms with Crippen LogP contribution in [0, 0.1) is 34.8 Å². The highest BCUT2D eigenvalue weighted by Gasteiger charge is 2.53. The zero-order valence-corrected chi connectivity index (χ0v) is 14.6. The van der Waals surface area contributed by atoms with Crippen molar-refractivity contribution in [2.45, 2.75) is 51.5 Å². The second-order valence-electron chi connectivity index (χ2n) is 8.43. The minimum absolute atomic E-state index is 0.0981. The summed E-state index contributed by atoms with van der Waals surface area (Å²) in [5.41, 5.74) is 0.228. The number of carbonyl (C=O) groups excluding carboxylic acids is 1. The lowest BCUT2D eigenvalue weighted by Gasteiger charge is -2.59. The number of rotatable bonds is 5. The highest BCUT2D eigenvalue weighted by Crippen LogP contribution is 2.61.